The average molecular weight is 353 g/mol. The first kappa shape index (κ1) is 19.2. The molecule has 4 heteroatoms. The number of carboxylic acids is 1. The Bertz CT molecular complexity index is 514. The monoisotopic (exact) mass is 352 g/mol. The van der Waals surface area contributed by atoms with Gasteiger partial charge in [0.2, 0.25) is 0 Å². The fourth-order valence-electron chi connectivity index (χ4n) is 7.04. The standard InChI is InChI=1S/C21H36O4/c1-14-12-15(2)21(24,10-6-16-7-11-25-13-16)20(4)9-5-8-19(3,17(14)20)18(22)23/h14-17,24H,5-13H2,1-4H3,(H,22,23)/t14-,15-,16?,17?,19+,20-,21-/m1/s1. The van der Waals surface area contributed by atoms with Crippen molar-refractivity contribution >= 4 is 5.97 Å². The molecule has 1 aliphatic heterocycles. The lowest BCUT2D eigenvalue weighted by Crippen LogP contribution is -2.66. The fraction of sp³-hybridized carbons (Fsp3) is 0.952. The van der Waals surface area contributed by atoms with Crippen molar-refractivity contribution < 1.29 is 19.7 Å². The molecule has 2 aliphatic carbocycles. The van der Waals surface area contributed by atoms with Crippen LogP contribution in [0.25, 0.3) is 0 Å². The van der Waals surface area contributed by atoms with Crippen LogP contribution < -0.4 is 0 Å². The molecule has 0 aromatic heterocycles. The van der Waals surface area contributed by atoms with E-state index < -0.39 is 17.0 Å². The van der Waals surface area contributed by atoms with Crippen molar-refractivity contribution in [3.8, 4) is 0 Å². The minimum Gasteiger partial charge on any atom is -0.481 e. The van der Waals surface area contributed by atoms with Crippen molar-refractivity contribution in [1.29, 1.82) is 0 Å². The number of aliphatic hydroxyl groups is 1. The molecule has 3 rings (SSSR count). The van der Waals surface area contributed by atoms with Crippen LogP contribution in [-0.4, -0.2) is 35.0 Å². The van der Waals surface area contributed by atoms with E-state index in [0.717, 1.165) is 58.2 Å². The maximum Gasteiger partial charge on any atom is 0.309 e. The number of carbonyl (C=O) groups is 1. The smallest absolute Gasteiger partial charge is 0.309 e. The lowest BCUT2D eigenvalue weighted by molar-refractivity contribution is -0.235. The number of carboxylic acid groups (broad SMARTS) is 1. The normalized spacial score (nSPS) is 50.4. The van der Waals surface area contributed by atoms with Crippen molar-refractivity contribution in [2.45, 2.75) is 78.2 Å². The van der Waals surface area contributed by atoms with Crippen molar-refractivity contribution in [2.24, 2.45) is 34.5 Å². The summed E-state index contributed by atoms with van der Waals surface area (Å²) in [6.07, 6.45) is 6.33. The number of hydrogen-bond donors (Lipinski definition) is 2. The van der Waals surface area contributed by atoms with Gasteiger partial charge in [-0.1, -0.05) is 27.2 Å². The van der Waals surface area contributed by atoms with Gasteiger partial charge >= 0.3 is 5.97 Å². The highest BCUT2D eigenvalue weighted by molar-refractivity contribution is 5.75. The Balaban J connectivity index is 1.92. The van der Waals surface area contributed by atoms with Crippen molar-refractivity contribution in [1.82, 2.24) is 0 Å². The molecule has 4 nitrogen and oxygen atoms in total. The first-order chi connectivity index (χ1) is 11.6. The molecule has 0 amide bonds. The average Bonchev–Trinajstić information content (AvgIpc) is 3.04. The summed E-state index contributed by atoms with van der Waals surface area (Å²) in [7, 11) is 0. The maximum atomic E-state index is 12.2. The van der Waals surface area contributed by atoms with E-state index in [4.69, 9.17) is 4.74 Å². The van der Waals surface area contributed by atoms with Crippen molar-refractivity contribution in [3.05, 3.63) is 0 Å². The Kier molecular flexibility index (Phi) is 5.00. The Morgan fingerprint density at radius 2 is 1.96 bits per heavy atom. The molecular weight excluding hydrogens is 316 g/mol. The van der Waals surface area contributed by atoms with Gasteiger partial charge in [-0.3, -0.25) is 4.79 Å². The fourth-order valence-corrected chi connectivity index (χ4v) is 7.04. The Morgan fingerprint density at radius 3 is 2.56 bits per heavy atom. The molecule has 3 aliphatic rings. The van der Waals surface area contributed by atoms with Crippen LogP contribution in [-0.2, 0) is 9.53 Å². The van der Waals surface area contributed by atoms with Gasteiger partial charge in [0.1, 0.15) is 0 Å². The zero-order valence-electron chi connectivity index (χ0n) is 16.4. The van der Waals surface area contributed by atoms with Gasteiger partial charge in [-0.05, 0) is 69.1 Å². The second-order valence-electron chi connectivity index (χ2n) is 9.78. The minimum atomic E-state index is -0.774. The molecule has 0 spiro atoms. The van der Waals surface area contributed by atoms with E-state index >= 15 is 0 Å². The van der Waals surface area contributed by atoms with E-state index in [-0.39, 0.29) is 17.3 Å². The summed E-state index contributed by atoms with van der Waals surface area (Å²) in [6, 6.07) is 0. The minimum absolute atomic E-state index is 0.0345. The number of rotatable bonds is 4. The maximum absolute atomic E-state index is 12.2. The van der Waals surface area contributed by atoms with Gasteiger partial charge < -0.3 is 14.9 Å². The molecule has 3 fully saturated rings. The highest BCUT2D eigenvalue weighted by Crippen LogP contribution is 2.65. The second kappa shape index (κ2) is 6.53. The van der Waals surface area contributed by atoms with E-state index in [0.29, 0.717) is 11.8 Å². The van der Waals surface area contributed by atoms with E-state index in [9.17, 15) is 15.0 Å². The van der Waals surface area contributed by atoms with Crippen LogP contribution in [0.4, 0.5) is 0 Å². The molecule has 2 unspecified atom stereocenters. The Hall–Kier alpha value is -0.610. The van der Waals surface area contributed by atoms with Crippen LogP contribution in [0, 0.1) is 34.5 Å². The van der Waals surface area contributed by atoms with E-state index in [1.165, 1.54) is 0 Å². The molecule has 2 N–H and O–H groups in total. The topological polar surface area (TPSA) is 66.8 Å². The summed E-state index contributed by atoms with van der Waals surface area (Å²) in [5, 5.41) is 22.0. The van der Waals surface area contributed by atoms with Gasteiger partial charge in [0, 0.05) is 18.6 Å². The Morgan fingerprint density at radius 1 is 1.24 bits per heavy atom. The van der Waals surface area contributed by atoms with Crippen LogP contribution in [0.5, 0.6) is 0 Å². The lowest BCUT2D eigenvalue weighted by atomic mass is 9.41. The predicted octanol–water partition coefficient (Wildman–Crippen LogP) is 4.11. The quantitative estimate of drug-likeness (QED) is 0.799. The molecule has 1 saturated heterocycles. The van der Waals surface area contributed by atoms with Gasteiger partial charge in [-0.15, -0.1) is 0 Å². The molecule has 144 valence electrons. The molecule has 25 heavy (non-hydrogen) atoms. The van der Waals surface area contributed by atoms with Crippen molar-refractivity contribution in [3.63, 3.8) is 0 Å². The van der Waals surface area contributed by atoms with E-state index in [1.54, 1.807) is 0 Å². The molecule has 0 aromatic carbocycles. The highest BCUT2D eigenvalue weighted by atomic mass is 16.5. The summed E-state index contributed by atoms with van der Waals surface area (Å²) in [5.74, 6) is 0.439. The summed E-state index contributed by atoms with van der Waals surface area (Å²) >= 11 is 0. The summed E-state index contributed by atoms with van der Waals surface area (Å²) in [4.78, 5) is 12.2. The Labute approximate surface area is 152 Å². The van der Waals surface area contributed by atoms with Crippen LogP contribution in [0.15, 0.2) is 0 Å². The lowest BCUT2D eigenvalue weighted by Gasteiger charge is -2.64. The first-order valence-electron chi connectivity index (χ1n) is 10.2. The summed E-state index contributed by atoms with van der Waals surface area (Å²) in [5.41, 5.74) is -1.82. The number of hydrogen-bond acceptors (Lipinski definition) is 3. The van der Waals surface area contributed by atoms with Crippen LogP contribution >= 0.6 is 0 Å². The van der Waals surface area contributed by atoms with Gasteiger partial charge in [-0.2, -0.15) is 0 Å². The second-order valence-corrected chi connectivity index (χ2v) is 9.78. The third kappa shape index (κ3) is 2.84. The van der Waals surface area contributed by atoms with Gasteiger partial charge in [0.05, 0.1) is 11.0 Å². The number of fused-ring (bicyclic) bond motifs is 1. The molecule has 0 radical (unpaired) electrons. The number of aliphatic carboxylic acids is 1. The van der Waals surface area contributed by atoms with Gasteiger partial charge in [0.25, 0.3) is 0 Å². The molecule has 2 saturated carbocycles. The highest BCUT2D eigenvalue weighted by Gasteiger charge is 2.65. The molecule has 7 atom stereocenters. The molecule has 0 aromatic rings. The van der Waals surface area contributed by atoms with Gasteiger partial charge in [0.15, 0.2) is 0 Å². The summed E-state index contributed by atoms with van der Waals surface area (Å²) in [6.45, 7) is 10.1. The first-order valence-corrected chi connectivity index (χ1v) is 10.2. The van der Waals surface area contributed by atoms with E-state index in [2.05, 4.69) is 20.8 Å². The van der Waals surface area contributed by atoms with Crippen LogP contribution in [0.1, 0.15) is 72.6 Å². The zero-order chi connectivity index (χ0) is 18.5. The van der Waals surface area contributed by atoms with Crippen LogP contribution in [0.3, 0.4) is 0 Å². The third-order valence-electron chi connectivity index (χ3n) is 8.31. The molecular formula is C21H36O4. The van der Waals surface area contributed by atoms with Crippen molar-refractivity contribution in [2.75, 3.05) is 13.2 Å². The van der Waals surface area contributed by atoms with Gasteiger partial charge in [-0.25, -0.2) is 0 Å². The predicted molar refractivity (Wildman–Crippen MR) is 97.2 cm³/mol. The summed E-state index contributed by atoms with van der Waals surface area (Å²) < 4.78 is 5.51. The largest absolute Gasteiger partial charge is 0.481 e. The van der Waals surface area contributed by atoms with Crippen LogP contribution in [0.2, 0.25) is 0 Å². The molecule has 1 heterocycles. The SMILES string of the molecule is C[C@@H]1C[C@@H](C)[C@](O)(CCC2CCOC2)[C@]2(C)CCC[C@](C)(C(=O)O)C12. The van der Waals surface area contributed by atoms with E-state index in [1.807, 2.05) is 6.92 Å². The zero-order valence-corrected chi connectivity index (χ0v) is 16.4. The molecule has 0 bridgehead atoms. The third-order valence-corrected chi connectivity index (χ3v) is 8.31. The number of ether oxygens (including phenoxy) is 1.